The first kappa shape index (κ1) is 21.6. The van der Waals surface area contributed by atoms with E-state index >= 15 is 0 Å². The molecule has 2 N–H and O–H groups in total. The normalized spacial score (nSPS) is 15.4. The second-order valence-corrected chi connectivity index (χ2v) is 6.47. The van der Waals surface area contributed by atoms with Gasteiger partial charge in [-0.2, -0.15) is 14.0 Å². The number of carbonyl (C=O) groups excluding carboxylic acids is 2. The summed E-state index contributed by atoms with van der Waals surface area (Å²) in [5, 5.41) is 13.6. The minimum absolute atomic E-state index is 0.0105. The molecule has 11 heteroatoms. The minimum Gasteiger partial charge on any atom is -0.442 e. The molecule has 1 saturated heterocycles. The number of ether oxygens (including phenoxy) is 1. The molecule has 2 amide bonds. The predicted molar refractivity (Wildman–Crippen MR) is 104 cm³/mol. The molecule has 0 bridgehead atoms. The Hall–Kier alpha value is -4.07. The summed E-state index contributed by atoms with van der Waals surface area (Å²) in [6, 6.07) is 11.0. The number of amides is 2. The van der Waals surface area contributed by atoms with Crippen LogP contribution in [0, 0.1) is 17.1 Å². The highest BCUT2D eigenvalue weighted by Crippen LogP contribution is 2.27. The molecular formula is C20H15F3N4O4. The fourth-order valence-corrected chi connectivity index (χ4v) is 2.82. The topological polar surface area (TPSA) is 112 Å². The zero-order valence-electron chi connectivity index (χ0n) is 15.8. The van der Waals surface area contributed by atoms with Crippen LogP contribution in [0.3, 0.4) is 0 Å². The van der Waals surface area contributed by atoms with Crippen molar-refractivity contribution in [3.63, 3.8) is 0 Å². The van der Waals surface area contributed by atoms with E-state index in [1.807, 2.05) is 11.4 Å². The first-order valence-corrected chi connectivity index (χ1v) is 8.93. The molecule has 3 rings (SSSR count). The lowest BCUT2D eigenvalue weighted by Crippen LogP contribution is -2.37. The van der Waals surface area contributed by atoms with Gasteiger partial charge in [0.25, 0.3) is 5.91 Å². The summed E-state index contributed by atoms with van der Waals surface area (Å²) in [4.78, 5) is 36.1. The molecule has 0 saturated carbocycles. The van der Waals surface area contributed by atoms with Crippen LogP contribution in [0.15, 0.2) is 47.3 Å². The number of nitrogens with one attached hydrogen (secondary N) is 2. The molecule has 1 heterocycles. The Kier molecular flexibility index (Phi) is 6.40. The van der Waals surface area contributed by atoms with Crippen molar-refractivity contribution in [3.05, 3.63) is 64.1 Å². The summed E-state index contributed by atoms with van der Waals surface area (Å²) < 4.78 is 44.1. The number of carbonyl (C=O) groups is 2. The third-order valence-electron chi connectivity index (χ3n) is 4.33. The van der Waals surface area contributed by atoms with Crippen molar-refractivity contribution in [2.24, 2.45) is 0 Å². The van der Waals surface area contributed by atoms with E-state index in [4.69, 9.17) is 10.00 Å². The maximum Gasteiger partial charge on any atom is 0.414 e. The largest absolute Gasteiger partial charge is 0.442 e. The molecule has 1 aliphatic rings. The van der Waals surface area contributed by atoms with E-state index in [9.17, 15) is 27.6 Å². The Bertz CT molecular complexity index is 1120. The Balaban J connectivity index is 1.74. The van der Waals surface area contributed by atoms with Crippen LogP contribution in [-0.4, -0.2) is 37.6 Å². The first-order chi connectivity index (χ1) is 14.8. The lowest BCUT2D eigenvalue weighted by Gasteiger charge is -2.15. The SMILES string of the molecule is N#Cc1cccc(=O)c(Nc2ccc(N3C[C@H](CNC(=O)C(F)F)OC3=O)cc2F)c1. The second-order valence-electron chi connectivity index (χ2n) is 6.47. The van der Waals surface area contributed by atoms with E-state index < -0.39 is 35.8 Å². The van der Waals surface area contributed by atoms with E-state index in [1.54, 1.807) is 0 Å². The van der Waals surface area contributed by atoms with Crippen LogP contribution in [0.25, 0.3) is 0 Å². The Labute approximate surface area is 173 Å². The molecule has 0 spiro atoms. The summed E-state index contributed by atoms with van der Waals surface area (Å²) in [5.74, 6) is -2.27. The van der Waals surface area contributed by atoms with Crippen LogP contribution in [-0.2, 0) is 9.53 Å². The zero-order chi connectivity index (χ0) is 22.5. The molecule has 8 nitrogen and oxygen atoms in total. The molecule has 0 unspecified atom stereocenters. The van der Waals surface area contributed by atoms with Crippen molar-refractivity contribution < 1.29 is 27.5 Å². The van der Waals surface area contributed by atoms with Gasteiger partial charge in [0.05, 0.1) is 41.8 Å². The highest BCUT2D eigenvalue weighted by molar-refractivity contribution is 5.90. The molecule has 2 aromatic rings. The quantitative estimate of drug-likeness (QED) is 0.726. The molecule has 1 atom stereocenters. The Morgan fingerprint density at radius 1 is 1.23 bits per heavy atom. The van der Waals surface area contributed by atoms with Crippen LogP contribution >= 0.6 is 0 Å². The van der Waals surface area contributed by atoms with Crippen LogP contribution in [0.1, 0.15) is 5.56 Å². The standard InChI is InChI=1S/C20H15F3N4O4/c21-14-7-12(27-10-13(31-20(27)30)9-25-19(29)18(22)23)4-5-15(14)26-16-6-11(8-24)2-1-3-17(16)28/h1-7,13,18H,9-10H2,(H,25,29)(H,26,28)/t13-/m0/s1. The maximum absolute atomic E-state index is 14.6. The molecule has 0 aliphatic carbocycles. The zero-order valence-corrected chi connectivity index (χ0v) is 15.8. The number of alkyl halides is 2. The van der Waals surface area contributed by atoms with Gasteiger partial charge in [0.15, 0.2) is 0 Å². The number of hydrogen-bond donors (Lipinski definition) is 2. The molecule has 160 valence electrons. The Morgan fingerprint density at radius 3 is 2.68 bits per heavy atom. The van der Waals surface area contributed by atoms with Crippen LogP contribution in [0.4, 0.5) is 35.0 Å². The van der Waals surface area contributed by atoms with Gasteiger partial charge in [0, 0.05) is 0 Å². The Morgan fingerprint density at radius 2 is 2.00 bits per heavy atom. The van der Waals surface area contributed by atoms with Crippen LogP contribution in [0.5, 0.6) is 0 Å². The highest BCUT2D eigenvalue weighted by atomic mass is 19.3. The second kappa shape index (κ2) is 9.17. The van der Waals surface area contributed by atoms with E-state index in [2.05, 4.69) is 5.32 Å². The van der Waals surface area contributed by atoms with Gasteiger partial charge in [-0.1, -0.05) is 6.07 Å². The summed E-state index contributed by atoms with van der Waals surface area (Å²) in [6.45, 7) is -0.397. The molecular weight excluding hydrogens is 417 g/mol. The van der Waals surface area contributed by atoms with Crippen molar-refractivity contribution in [2.45, 2.75) is 12.5 Å². The van der Waals surface area contributed by atoms with Gasteiger partial charge in [-0.25, -0.2) is 9.18 Å². The van der Waals surface area contributed by atoms with Gasteiger partial charge in [-0.15, -0.1) is 0 Å². The monoisotopic (exact) mass is 432 g/mol. The first-order valence-electron chi connectivity index (χ1n) is 8.93. The van der Waals surface area contributed by atoms with Gasteiger partial charge >= 0.3 is 12.5 Å². The lowest BCUT2D eigenvalue weighted by molar-refractivity contribution is -0.132. The van der Waals surface area contributed by atoms with Crippen molar-refractivity contribution >= 4 is 29.1 Å². The highest BCUT2D eigenvalue weighted by Gasteiger charge is 2.33. The number of halogens is 3. The van der Waals surface area contributed by atoms with Gasteiger partial charge < -0.3 is 15.4 Å². The van der Waals surface area contributed by atoms with E-state index in [0.29, 0.717) is 0 Å². The molecule has 2 aromatic carbocycles. The van der Waals surface area contributed by atoms with Crippen LogP contribution < -0.4 is 21.0 Å². The summed E-state index contributed by atoms with van der Waals surface area (Å²) in [7, 11) is 0. The van der Waals surface area contributed by atoms with Crippen molar-refractivity contribution in [1.29, 1.82) is 5.26 Å². The number of benzene rings is 1. The van der Waals surface area contributed by atoms with E-state index in [0.717, 1.165) is 11.0 Å². The van der Waals surface area contributed by atoms with E-state index in [-0.39, 0.29) is 35.7 Å². The molecule has 1 aliphatic heterocycles. The molecule has 0 radical (unpaired) electrons. The average molecular weight is 432 g/mol. The fraction of sp³-hybridized carbons (Fsp3) is 0.200. The minimum atomic E-state index is -3.19. The number of nitriles is 1. The van der Waals surface area contributed by atoms with Gasteiger partial charge in [-0.05, 0) is 36.4 Å². The van der Waals surface area contributed by atoms with E-state index in [1.165, 1.54) is 36.4 Å². The summed E-state index contributed by atoms with van der Waals surface area (Å²) >= 11 is 0. The van der Waals surface area contributed by atoms with Crippen molar-refractivity contribution in [2.75, 3.05) is 23.3 Å². The average Bonchev–Trinajstić information content (AvgIpc) is 3.01. The maximum atomic E-state index is 14.6. The van der Waals surface area contributed by atoms with Crippen molar-refractivity contribution in [3.8, 4) is 6.07 Å². The van der Waals surface area contributed by atoms with Crippen molar-refractivity contribution in [1.82, 2.24) is 5.32 Å². The fourth-order valence-electron chi connectivity index (χ4n) is 2.82. The lowest BCUT2D eigenvalue weighted by atomic mass is 10.2. The summed E-state index contributed by atoms with van der Waals surface area (Å²) in [6.07, 6.45) is -4.90. The van der Waals surface area contributed by atoms with Gasteiger partial charge in [0.1, 0.15) is 11.9 Å². The molecule has 0 aromatic heterocycles. The third-order valence-corrected chi connectivity index (χ3v) is 4.33. The van der Waals surface area contributed by atoms with Crippen LogP contribution in [0.2, 0.25) is 0 Å². The predicted octanol–water partition coefficient (Wildman–Crippen LogP) is 2.51. The smallest absolute Gasteiger partial charge is 0.414 e. The number of rotatable bonds is 6. The molecule has 31 heavy (non-hydrogen) atoms. The third kappa shape index (κ3) is 5.11. The number of hydrogen-bond acceptors (Lipinski definition) is 6. The molecule has 1 fully saturated rings. The number of cyclic esters (lactones) is 1. The summed E-state index contributed by atoms with van der Waals surface area (Å²) in [5.41, 5.74) is -0.199. The number of nitrogens with zero attached hydrogens (tertiary/aromatic N) is 2. The number of anilines is 3. The van der Waals surface area contributed by atoms with Gasteiger partial charge in [0.2, 0.25) is 5.43 Å². The van der Waals surface area contributed by atoms with Gasteiger partial charge in [-0.3, -0.25) is 14.5 Å².